The van der Waals surface area contributed by atoms with Crippen molar-refractivity contribution in [2.24, 2.45) is 10.1 Å². The number of hydrogen-bond donors (Lipinski definition) is 1. The van der Waals surface area contributed by atoms with Crippen LogP contribution in [0.4, 0.5) is 5.69 Å². The first kappa shape index (κ1) is 25.8. The summed E-state index contributed by atoms with van der Waals surface area (Å²) in [6, 6.07) is 22.2. The maximum atomic E-state index is 12.9. The maximum Gasteiger partial charge on any atom is 0.262 e. The number of methoxy groups -OCH3 is 2. The number of amidine groups is 1. The highest BCUT2D eigenvalue weighted by atomic mass is 35.5. The molecule has 2 atom stereocenters. The van der Waals surface area contributed by atoms with Crippen molar-refractivity contribution in [2.75, 3.05) is 19.5 Å². The zero-order valence-corrected chi connectivity index (χ0v) is 22.3. The normalized spacial score (nSPS) is 18.7. The van der Waals surface area contributed by atoms with Crippen molar-refractivity contribution in [1.82, 2.24) is 5.01 Å². The van der Waals surface area contributed by atoms with Crippen LogP contribution in [0.1, 0.15) is 30.0 Å². The fourth-order valence-corrected chi connectivity index (χ4v) is 5.52. The predicted molar refractivity (Wildman–Crippen MR) is 150 cm³/mol. The number of benzene rings is 3. The monoisotopic (exact) mass is 548 g/mol. The van der Waals surface area contributed by atoms with Crippen molar-refractivity contribution in [3.05, 3.63) is 88.9 Å². The van der Waals surface area contributed by atoms with Gasteiger partial charge in [-0.05, 0) is 47.5 Å². The highest BCUT2D eigenvalue weighted by Gasteiger charge is 2.39. The summed E-state index contributed by atoms with van der Waals surface area (Å²) < 4.78 is 10.7. The molecule has 10 heteroatoms. The van der Waals surface area contributed by atoms with E-state index in [-0.39, 0.29) is 24.3 Å². The van der Waals surface area contributed by atoms with Gasteiger partial charge in [-0.15, -0.1) is 0 Å². The number of amides is 2. The maximum absolute atomic E-state index is 12.9. The molecule has 38 heavy (non-hydrogen) atoms. The van der Waals surface area contributed by atoms with Gasteiger partial charge in [0, 0.05) is 17.9 Å². The molecule has 0 spiro atoms. The van der Waals surface area contributed by atoms with Gasteiger partial charge in [-0.1, -0.05) is 59.8 Å². The van der Waals surface area contributed by atoms with Gasteiger partial charge in [0.2, 0.25) is 5.91 Å². The molecule has 3 aromatic rings. The second-order valence-electron chi connectivity index (χ2n) is 8.69. The number of nitrogens with zero attached hydrogens (tertiary/aromatic N) is 3. The molecule has 0 aliphatic carbocycles. The fraction of sp³-hybridized carbons (Fsp3) is 0.214. The van der Waals surface area contributed by atoms with Crippen LogP contribution >= 0.6 is 23.4 Å². The molecule has 0 saturated heterocycles. The quantitative estimate of drug-likeness (QED) is 0.417. The Hall–Kier alpha value is -3.82. The first-order valence-corrected chi connectivity index (χ1v) is 13.2. The van der Waals surface area contributed by atoms with E-state index in [1.54, 1.807) is 30.3 Å². The van der Waals surface area contributed by atoms with Crippen LogP contribution < -0.4 is 14.8 Å². The first-order chi connectivity index (χ1) is 18.4. The number of rotatable bonds is 7. The van der Waals surface area contributed by atoms with E-state index in [1.807, 2.05) is 54.6 Å². The molecule has 1 N–H and O–H groups in total. The van der Waals surface area contributed by atoms with Gasteiger partial charge < -0.3 is 14.8 Å². The second kappa shape index (κ2) is 11.3. The Bertz CT molecular complexity index is 1430. The first-order valence-electron chi connectivity index (χ1n) is 11.9. The summed E-state index contributed by atoms with van der Waals surface area (Å²) in [5.41, 5.74) is 3.31. The third kappa shape index (κ3) is 5.54. The van der Waals surface area contributed by atoms with Crippen LogP contribution in [-0.2, 0) is 9.59 Å². The molecule has 194 valence electrons. The minimum absolute atomic E-state index is 0.0278. The van der Waals surface area contributed by atoms with Gasteiger partial charge in [-0.25, -0.2) is 5.01 Å². The van der Waals surface area contributed by atoms with E-state index < -0.39 is 5.25 Å². The van der Waals surface area contributed by atoms with E-state index in [1.165, 1.54) is 18.9 Å². The summed E-state index contributed by atoms with van der Waals surface area (Å²) in [4.78, 5) is 30.0. The summed E-state index contributed by atoms with van der Waals surface area (Å²) in [5, 5.41) is 9.92. The second-order valence-corrected chi connectivity index (χ2v) is 10.3. The number of hydrazone groups is 1. The number of carbonyl (C=O) groups excluding carboxylic acids is 2. The van der Waals surface area contributed by atoms with Crippen LogP contribution in [-0.4, -0.2) is 47.2 Å². The van der Waals surface area contributed by atoms with Crippen LogP contribution in [0, 0.1) is 0 Å². The SMILES string of the molecule is COc1cccc([C@@H]2CC(c3ccc(Cl)cc3)=NN2C2=NC(=O)[C@H](CC(=O)Nc3ccccc3OC)S2)c1. The largest absolute Gasteiger partial charge is 0.497 e. The molecular weight excluding hydrogens is 524 g/mol. The van der Waals surface area contributed by atoms with Crippen molar-refractivity contribution >= 4 is 51.7 Å². The summed E-state index contributed by atoms with van der Waals surface area (Å²) in [6.07, 6.45) is 0.571. The third-order valence-electron chi connectivity index (χ3n) is 6.24. The number of halogens is 1. The van der Waals surface area contributed by atoms with E-state index in [9.17, 15) is 9.59 Å². The molecule has 3 aromatic carbocycles. The number of ether oxygens (including phenoxy) is 2. The lowest BCUT2D eigenvalue weighted by molar-refractivity contribution is -0.121. The fourth-order valence-electron chi connectivity index (χ4n) is 4.33. The van der Waals surface area contributed by atoms with E-state index >= 15 is 0 Å². The molecule has 0 saturated carbocycles. The Morgan fingerprint density at radius 2 is 1.87 bits per heavy atom. The van der Waals surface area contributed by atoms with Crippen LogP contribution in [0.2, 0.25) is 5.02 Å². The summed E-state index contributed by atoms with van der Waals surface area (Å²) in [5.74, 6) is 0.614. The summed E-state index contributed by atoms with van der Waals surface area (Å²) in [6.45, 7) is 0. The smallest absolute Gasteiger partial charge is 0.262 e. The number of nitrogens with one attached hydrogen (secondary N) is 1. The number of thioether (sulfide) groups is 1. The molecule has 5 rings (SSSR count). The lowest BCUT2D eigenvalue weighted by Gasteiger charge is -2.23. The van der Waals surface area contributed by atoms with Gasteiger partial charge in [0.25, 0.3) is 5.91 Å². The van der Waals surface area contributed by atoms with Crippen molar-refractivity contribution in [1.29, 1.82) is 0 Å². The van der Waals surface area contributed by atoms with Gasteiger partial charge in [0.15, 0.2) is 5.17 Å². The topological polar surface area (TPSA) is 92.6 Å². The molecule has 2 amide bonds. The highest BCUT2D eigenvalue weighted by Crippen LogP contribution is 2.39. The Morgan fingerprint density at radius 1 is 1.08 bits per heavy atom. The summed E-state index contributed by atoms with van der Waals surface area (Å²) in [7, 11) is 3.16. The average molecular weight is 549 g/mol. The Balaban J connectivity index is 1.36. The van der Waals surface area contributed by atoms with Gasteiger partial charge in [0.1, 0.15) is 16.7 Å². The average Bonchev–Trinajstić information content (AvgIpc) is 3.53. The lowest BCUT2D eigenvalue weighted by atomic mass is 9.98. The number of para-hydroxylation sites is 2. The number of carbonyl (C=O) groups is 2. The molecule has 0 fully saturated rings. The van der Waals surface area contributed by atoms with Gasteiger partial charge in [0.05, 0.1) is 31.7 Å². The van der Waals surface area contributed by atoms with E-state index in [0.29, 0.717) is 28.0 Å². The zero-order chi connectivity index (χ0) is 26.6. The number of aliphatic imine (C=N–C) groups is 1. The molecule has 2 heterocycles. The van der Waals surface area contributed by atoms with E-state index in [4.69, 9.17) is 26.2 Å². The summed E-state index contributed by atoms with van der Waals surface area (Å²) >= 11 is 7.33. The van der Waals surface area contributed by atoms with E-state index in [2.05, 4.69) is 10.3 Å². The molecule has 8 nitrogen and oxygen atoms in total. The third-order valence-corrected chi connectivity index (χ3v) is 7.64. The molecular formula is C28H25ClN4O4S. The van der Waals surface area contributed by atoms with Crippen LogP contribution in [0.25, 0.3) is 0 Å². The van der Waals surface area contributed by atoms with Crippen molar-refractivity contribution in [2.45, 2.75) is 24.1 Å². The highest BCUT2D eigenvalue weighted by molar-refractivity contribution is 8.15. The Morgan fingerprint density at radius 3 is 2.63 bits per heavy atom. The van der Waals surface area contributed by atoms with Crippen molar-refractivity contribution in [3.63, 3.8) is 0 Å². The van der Waals surface area contributed by atoms with Gasteiger partial charge in [-0.2, -0.15) is 10.1 Å². The standard InChI is InChI=1S/C28H25ClN4O4S/c1-36-20-7-5-6-18(14-20)23-15-22(17-10-12-19(29)13-11-17)32-33(23)28-31-27(35)25(38-28)16-26(34)30-21-8-3-4-9-24(21)37-2/h3-14,23,25H,15-16H2,1-2H3,(H,30,34)/t23-,25-/m0/s1. The van der Waals surface area contributed by atoms with Crippen LogP contribution in [0.3, 0.4) is 0 Å². The van der Waals surface area contributed by atoms with Crippen LogP contribution in [0.5, 0.6) is 11.5 Å². The molecule has 0 bridgehead atoms. The molecule has 2 aliphatic rings. The number of hydrogen-bond acceptors (Lipinski definition) is 7. The Kier molecular flexibility index (Phi) is 7.67. The lowest BCUT2D eigenvalue weighted by Crippen LogP contribution is -2.25. The van der Waals surface area contributed by atoms with Gasteiger partial charge >= 0.3 is 0 Å². The minimum atomic E-state index is -0.652. The molecule has 0 aromatic heterocycles. The van der Waals surface area contributed by atoms with Crippen molar-refractivity contribution < 1.29 is 19.1 Å². The van der Waals surface area contributed by atoms with Crippen LogP contribution in [0.15, 0.2) is 82.9 Å². The van der Waals surface area contributed by atoms with Crippen molar-refractivity contribution in [3.8, 4) is 11.5 Å². The van der Waals surface area contributed by atoms with E-state index in [0.717, 1.165) is 22.6 Å². The van der Waals surface area contributed by atoms with Gasteiger partial charge in [-0.3, -0.25) is 9.59 Å². The zero-order valence-electron chi connectivity index (χ0n) is 20.8. The Labute approximate surface area is 229 Å². The number of anilines is 1. The molecule has 0 radical (unpaired) electrons. The predicted octanol–water partition coefficient (Wildman–Crippen LogP) is 5.54. The minimum Gasteiger partial charge on any atom is -0.497 e. The molecule has 2 aliphatic heterocycles. The molecule has 0 unspecified atom stereocenters.